The van der Waals surface area contributed by atoms with E-state index in [0.29, 0.717) is 0 Å². The highest BCUT2D eigenvalue weighted by molar-refractivity contribution is 7.80. The second kappa shape index (κ2) is 5.30. The van der Waals surface area contributed by atoms with Crippen LogP contribution in [0.3, 0.4) is 0 Å². The van der Waals surface area contributed by atoms with E-state index >= 15 is 0 Å². The molecule has 0 aliphatic rings. The molecular formula is C11H17NS. The topological polar surface area (TPSA) is 3.24 Å². The third-order valence-corrected chi connectivity index (χ3v) is 2.72. The fraction of sp³-hybridized carbons (Fsp3) is 0.455. The minimum atomic E-state index is 1.01. The van der Waals surface area contributed by atoms with Crippen LogP contribution in [0.4, 0.5) is 0 Å². The molecule has 0 atom stereocenters. The Kier molecular flexibility index (Phi) is 4.33. The van der Waals surface area contributed by atoms with Crippen molar-refractivity contribution in [2.24, 2.45) is 0 Å². The van der Waals surface area contributed by atoms with E-state index in [0.717, 1.165) is 24.5 Å². The number of hydrogen-bond acceptors (Lipinski definition) is 2. The molecule has 0 unspecified atom stereocenters. The minimum Gasteiger partial charge on any atom is -0.300 e. The first-order chi connectivity index (χ1) is 6.27. The molecule has 1 aromatic rings. The van der Waals surface area contributed by atoms with Gasteiger partial charge < -0.3 is 0 Å². The summed E-state index contributed by atoms with van der Waals surface area (Å²) in [7, 11) is 0. The van der Waals surface area contributed by atoms with Crippen LogP contribution in [0.2, 0.25) is 0 Å². The minimum absolute atomic E-state index is 1.01. The van der Waals surface area contributed by atoms with Gasteiger partial charge in [0.15, 0.2) is 0 Å². The van der Waals surface area contributed by atoms with Gasteiger partial charge in [-0.25, -0.2) is 0 Å². The second-order valence-electron chi connectivity index (χ2n) is 3.09. The zero-order valence-electron chi connectivity index (χ0n) is 8.33. The first-order valence-corrected chi connectivity index (χ1v) is 5.21. The van der Waals surface area contributed by atoms with Crippen LogP contribution in [0.25, 0.3) is 0 Å². The molecule has 0 aromatic heterocycles. The van der Waals surface area contributed by atoms with Crippen molar-refractivity contribution in [3.8, 4) is 0 Å². The molecule has 0 fully saturated rings. The molecular weight excluding hydrogens is 178 g/mol. The highest BCUT2D eigenvalue weighted by Gasteiger charge is 2.02. The van der Waals surface area contributed by atoms with E-state index in [1.54, 1.807) is 0 Å². The average molecular weight is 195 g/mol. The Morgan fingerprint density at radius 2 is 1.77 bits per heavy atom. The van der Waals surface area contributed by atoms with Crippen LogP contribution in [0.15, 0.2) is 29.2 Å². The maximum absolute atomic E-state index is 4.42. The van der Waals surface area contributed by atoms with Gasteiger partial charge >= 0.3 is 0 Å². The molecule has 0 N–H and O–H groups in total. The summed E-state index contributed by atoms with van der Waals surface area (Å²) in [6.45, 7) is 7.57. The Balaban J connectivity index is 2.67. The third kappa shape index (κ3) is 3.05. The Morgan fingerprint density at radius 3 is 2.31 bits per heavy atom. The molecule has 0 bridgehead atoms. The summed E-state index contributed by atoms with van der Waals surface area (Å²) in [6, 6.07) is 8.27. The highest BCUT2D eigenvalue weighted by atomic mass is 32.1. The Labute approximate surface area is 86.2 Å². The predicted octanol–water partition coefficient (Wildman–Crippen LogP) is 2.82. The van der Waals surface area contributed by atoms with E-state index < -0.39 is 0 Å². The van der Waals surface area contributed by atoms with Gasteiger partial charge in [-0.15, -0.1) is 12.6 Å². The third-order valence-electron chi connectivity index (χ3n) is 2.28. The molecule has 0 saturated carbocycles. The van der Waals surface area contributed by atoms with Crippen LogP contribution in [0.5, 0.6) is 0 Å². The van der Waals surface area contributed by atoms with Crippen molar-refractivity contribution in [3.63, 3.8) is 0 Å². The van der Waals surface area contributed by atoms with Gasteiger partial charge in [-0.3, -0.25) is 4.90 Å². The lowest BCUT2D eigenvalue weighted by atomic mass is 10.2. The van der Waals surface area contributed by atoms with Gasteiger partial charge in [0.25, 0.3) is 0 Å². The van der Waals surface area contributed by atoms with E-state index in [1.807, 2.05) is 12.1 Å². The lowest BCUT2D eigenvalue weighted by Gasteiger charge is -2.18. The molecule has 0 aliphatic carbocycles. The maximum Gasteiger partial charge on any atom is 0.0244 e. The maximum atomic E-state index is 4.42. The highest BCUT2D eigenvalue weighted by Crippen LogP contribution is 2.14. The van der Waals surface area contributed by atoms with Crippen molar-refractivity contribution in [3.05, 3.63) is 29.8 Å². The molecule has 0 aliphatic heterocycles. The predicted molar refractivity (Wildman–Crippen MR) is 60.3 cm³/mol. The summed E-state index contributed by atoms with van der Waals surface area (Å²) < 4.78 is 0. The molecule has 0 saturated heterocycles. The van der Waals surface area contributed by atoms with Crippen molar-refractivity contribution in [1.29, 1.82) is 0 Å². The summed E-state index contributed by atoms with van der Waals surface area (Å²) >= 11 is 4.42. The van der Waals surface area contributed by atoms with Crippen LogP contribution >= 0.6 is 12.6 Å². The van der Waals surface area contributed by atoms with E-state index in [1.165, 1.54) is 5.56 Å². The molecule has 0 spiro atoms. The smallest absolute Gasteiger partial charge is 0.0244 e. The summed E-state index contributed by atoms with van der Waals surface area (Å²) in [5.41, 5.74) is 1.31. The summed E-state index contributed by atoms with van der Waals surface area (Å²) in [5.74, 6) is 0. The number of thiol groups is 1. The standard InChI is InChI=1S/C11H17NS/c1-3-12(4-2)9-10-7-5-6-8-11(10)13/h5-8,13H,3-4,9H2,1-2H3. The molecule has 0 heterocycles. The summed E-state index contributed by atoms with van der Waals surface area (Å²) in [5, 5.41) is 0. The van der Waals surface area contributed by atoms with Gasteiger partial charge in [0, 0.05) is 11.4 Å². The van der Waals surface area contributed by atoms with Crippen LogP contribution in [-0.2, 0) is 6.54 Å². The Bertz CT molecular complexity index is 256. The number of rotatable bonds is 4. The lowest BCUT2D eigenvalue weighted by Crippen LogP contribution is -2.22. The average Bonchev–Trinajstić information content (AvgIpc) is 2.17. The van der Waals surface area contributed by atoms with E-state index in [4.69, 9.17) is 0 Å². The molecule has 0 radical (unpaired) electrons. The van der Waals surface area contributed by atoms with Gasteiger partial charge in [0.2, 0.25) is 0 Å². The zero-order chi connectivity index (χ0) is 9.68. The molecule has 1 rings (SSSR count). The van der Waals surface area contributed by atoms with E-state index in [2.05, 4.69) is 43.5 Å². The fourth-order valence-electron chi connectivity index (χ4n) is 1.33. The van der Waals surface area contributed by atoms with Gasteiger partial charge in [-0.2, -0.15) is 0 Å². The summed E-state index contributed by atoms with van der Waals surface area (Å²) in [4.78, 5) is 3.48. The first-order valence-electron chi connectivity index (χ1n) is 4.77. The van der Waals surface area contributed by atoms with E-state index in [9.17, 15) is 0 Å². The summed E-state index contributed by atoms with van der Waals surface area (Å²) in [6.07, 6.45) is 0. The molecule has 0 amide bonds. The molecule has 72 valence electrons. The largest absolute Gasteiger partial charge is 0.300 e. The number of hydrogen-bond donors (Lipinski definition) is 1. The molecule has 1 aromatic carbocycles. The normalized spacial score (nSPS) is 10.8. The van der Waals surface area contributed by atoms with Crippen molar-refractivity contribution in [2.75, 3.05) is 13.1 Å². The van der Waals surface area contributed by atoms with Crippen molar-refractivity contribution >= 4 is 12.6 Å². The Hall–Kier alpha value is -0.470. The second-order valence-corrected chi connectivity index (χ2v) is 3.57. The Morgan fingerprint density at radius 1 is 1.15 bits per heavy atom. The quantitative estimate of drug-likeness (QED) is 0.723. The lowest BCUT2D eigenvalue weighted by molar-refractivity contribution is 0.294. The van der Waals surface area contributed by atoms with Crippen LogP contribution in [-0.4, -0.2) is 18.0 Å². The van der Waals surface area contributed by atoms with Gasteiger partial charge in [0.05, 0.1) is 0 Å². The molecule has 13 heavy (non-hydrogen) atoms. The van der Waals surface area contributed by atoms with Gasteiger partial charge in [-0.1, -0.05) is 32.0 Å². The van der Waals surface area contributed by atoms with Gasteiger partial charge in [-0.05, 0) is 24.7 Å². The monoisotopic (exact) mass is 195 g/mol. The SMILES string of the molecule is CCN(CC)Cc1ccccc1S. The number of nitrogens with zero attached hydrogens (tertiary/aromatic N) is 1. The van der Waals surface area contributed by atoms with Crippen molar-refractivity contribution in [2.45, 2.75) is 25.3 Å². The van der Waals surface area contributed by atoms with Crippen LogP contribution in [0.1, 0.15) is 19.4 Å². The first kappa shape index (κ1) is 10.6. The van der Waals surface area contributed by atoms with E-state index in [-0.39, 0.29) is 0 Å². The zero-order valence-corrected chi connectivity index (χ0v) is 9.22. The van der Waals surface area contributed by atoms with Crippen molar-refractivity contribution in [1.82, 2.24) is 4.90 Å². The van der Waals surface area contributed by atoms with Gasteiger partial charge in [0.1, 0.15) is 0 Å². The number of benzene rings is 1. The molecule has 1 nitrogen and oxygen atoms in total. The molecule has 2 heteroatoms. The fourth-order valence-corrected chi connectivity index (χ4v) is 1.56. The van der Waals surface area contributed by atoms with Crippen LogP contribution < -0.4 is 0 Å². The van der Waals surface area contributed by atoms with Crippen molar-refractivity contribution < 1.29 is 0 Å². The van der Waals surface area contributed by atoms with Crippen LogP contribution in [0, 0.1) is 0 Å².